The third-order valence-corrected chi connectivity index (χ3v) is 5.07. The number of nitro groups is 1. The molecule has 0 bridgehead atoms. The van der Waals surface area contributed by atoms with Crippen molar-refractivity contribution in [3.05, 3.63) is 112 Å². The Bertz CT molecular complexity index is 1080. The van der Waals surface area contributed by atoms with Gasteiger partial charge in [0, 0.05) is 5.92 Å². The SMILES string of the molecule is O=C1C=C(C=Cc2ccccc2)C[C@@H](c2ccccc2)[C@@H]1n1cnc([N+](=O)[O-])c1. The zero-order chi connectivity index (χ0) is 20.2. The number of ketones is 1. The fourth-order valence-corrected chi connectivity index (χ4v) is 3.70. The van der Waals surface area contributed by atoms with Crippen LogP contribution in [-0.4, -0.2) is 20.3 Å². The zero-order valence-electron chi connectivity index (χ0n) is 15.6. The van der Waals surface area contributed by atoms with Crippen LogP contribution in [0.3, 0.4) is 0 Å². The van der Waals surface area contributed by atoms with Crippen molar-refractivity contribution in [1.29, 1.82) is 0 Å². The summed E-state index contributed by atoms with van der Waals surface area (Å²) in [6.45, 7) is 0. The normalized spacial score (nSPS) is 19.3. The molecule has 0 fully saturated rings. The predicted molar refractivity (Wildman–Crippen MR) is 110 cm³/mol. The molecular weight excluding hydrogens is 366 g/mol. The smallest absolute Gasteiger partial charge is 0.358 e. The second-order valence-corrected chi connectivity index (χ2v) is 6.97. The van der Waals surface area contributed by atoms with Crippen molar-refractivity contribution < 1.29 is 9.72 Å². The number of rotatable bonds is 5. The van der Waals surface area contributed by atoms with Gasteiger partial charge < -0.3 is 10.1 Å². The Hall–Kier alpha value is -3.80. The molecule has 6 nitrogen and oxygen atoms in total. The first-order valence-corrected chi connectivity index (χ1v) is 9.32. The van der Waals surface area contributed by atoms with Crippen LogP contribution in [0.1, 0.15) is 29.5 Å². The Morgan fingerprint density at radius 1 is 1.03 bits per heavy atom. The summed E-state index contributed by atoms with van der Waals surface area (Å²) in [6, 6.07) is 19.1. The highest BCUT2D eigenvalue weighted by Crippen LogP contribution is 2.39. The minimum atomic E-state index is -0.563. The summed E-state index contributed by atoms with van der Waals surface area (Å²) in [5.41, 5.74) is 3.00. The average molecular weight is 385 g/mol. The van der Waals surface area contributed by atoms with Gasteiger partial charge in [-0.15, -0.1) is 0 Å². The van der Waals surface area contributed by atoms with Crippen LogP contribution in [0.2, 0.25) is 0 Å². The van der Waals surface area contributed by atoms with E-state index in [0.29, 0.717) is 6.42 Å². The largest absolute Gasteiger partial charge is 0.381 e. The molecule has 1 aliphatic carbocycles. The maximum absolute atomic E-state index is 13.1. The number of carbonyl (C=O) groups excluding carboxylic acids is 1. The van der Waals surface area contributed by atoms with E-state index in [9.17, 15) is 14.9 Å². The van der Waals surface area contributed by atoms with Crippen LogP contribution in [0.4, 0.5) is 5.82 Å². The quantitative estimate of drug-likeness (QED) is 0.470. The van der Waals surface area contributed by atoms with Crippen LogP contribution in [-0.2, 0) is 4.79 Å². The van der Waals surface area contributed by atoms with Gasteiger partial charge in [-0.1, -0.05) is 72.8 Å². The summed E-state index contributed by atoms with van der Waals surface area (Å²) in [6.07, 6.45) is 8.94. The van der Waals surface area contributed by atoms with Gasteiger partial charge in [0.15, 0.2) is 5.78 Å². The molecular formula is C23H19N3O3. The number of carbonyl (C=O) groups is 1. The van der Waals surface area contributed by atoms with Crippen molar-refractivity contribution in [1.82, 2.24) is 9.55 Å². The Balaban J connectivity index is 1.70. The molecule has 0 amide bonds. The number of allylic oxidation sites excluding steroid dienone is 3. The molecule has 0 saturated heterocycles. The lowest BCUT2D eigenvalue weighted by atomic mass is 9.79. The van der Waals surface area contributed by atoms with Crippen molar-refractivity contribution in [2.75, 3.05) is 0 Å². The van der Waals surface area contributed by atoms with Crippen LogP contribution >= 0.6 is 0 Å². The van der Waals surface area contributed by atoms with E-state index in [0.717, 1.165) is 16.7 Å². The van der Waals surface area contributed by atoms with Gasteiger partial charge in [0.1, 0.15) is 12.2 Å². The molecule has 0 spiro atoms. The van der Waals surface area contributed by atoms with Crippen molar-refractivity contribution >= 4 is 17.7 Å². The molecule has 0 radical (unpaired) electrons. The fourth-order valence-electron chi connectivity index (χ4n) is 3.70. The minimum absolute atomic E-state index is 0.0925. The summed E-state index contributed by atoms with van der Waals surface area (Å²) in [5.74, 6) is -0.494. The van der Waals surface area contributed by atoms with Crippen molar-refractivity contribution in [2.24, 2.45) is 0 Å². The van der Waals surface area contributed by atoms with E-state index in [4.69, 9.17) is 0 Å². The molecule has 0 unspecified atom stereocenters. The zero-order valence-corrected chi connectivity index (χ0v) is 15.6. The highest BCUT2D eigenvalue weighted by atomic mass is 16.6. The molecule has 6 heteroatoms. The van der Waals surface area contributed by atoms with E-state index in [-0.39, 0.29) is 17.5 Å². The van der Waals surface area contributed by atoms with Gasteiger partial charge in [0.25, 0.3) is 0 Å². The minimum Gasteiger partial charge on any atom is -0.358 e. The number of nitrogens with zero attached hydrogens (tertiary/aromatic N) is 3. The molecule has 3 aromatic rings. The number of aromatic nitrogens is 2. The first-order valence-electron chi connectivity index (χ1n) is 9.32. The molecule has 1 aliphatic rings. The second-order valence-electron chi connectivity index (χ2n) is 6.97. The molecule has 144 valence electrons. The van der Waals surface area contributed by atoms with Gasteiger partial charge in [-0.3, -0.25) is 9.36 Å². The summed E-state index contributed by atoms with van der Waals surface area (Å²) in [5, 5.41) is 11.0. The molecule has 1 aromatic heterocycles. The highest BCUT2D eigenvalue weighted by Gasteiger charge is 2.35. The molecule has 0 N–H and O–H groups in total. The van der Waals surface area contributed by atoms with E-state index >= 15 is 0 Å². The standard InChI is InChI=1S/C23H19N3O3/c27-21-14-18(12-11-17-7-3-1-4-8-17)13-20(19-9-5-2-6-10-19)23(21)25-15-22(24-16-25)26(28)29/h1-12,14-16,20,23H,13H2/t20-,23-/m0/s1. The summed E-state index contributed by atoms with van der Waals surface area (Å²) >= 11 is 0. The van der Waals surface area contributed by atoms with Crippen molar-refractivity contribution in [2.45, 2.75) is 18.4 Å². The third kappa shape index (κ3) is 4.06. The number of hydrogen-bond acceptors (Lipinski definition) is 4. The van der Waals surface area contributed by atoms with Crippen molar-refractivity contribution in [3.8, 4) is 0 Å². The van der Waals surface area contributed by atoms with Gasteiger partial charge in [-0.2, -0.15) is 0 Å². The maximum Gasteiger partial charge on any atom is 0.381 e. The van der Waals surface area contributed by atoms with Crippen LogP contribution in [0.5, 0.6) is 0 Å². The molecule has 2 aromatic carbocycles. The number of benzene rings is 2. The third-order valence-electron chi connectivity index (χ3n) is 5.07. The first kappa shape index (κ1) is 18.6. The lowest BCUT2D eigenvalue weighted by molar-refractivity contribution is -0.389. The molecule has 4 rings (SSSR count). The van der Waals surface area contributed by atoms with Crippen LogP contribution in [0.15, 0.2) is 90.9 Å². The van der Waals surface area contributed by atoms with E-state index in [1.54, 1.807) is 10.6 Å². The molecule has 29 heavy (non-hydrogen) atoms. The lowest BCUT2D eigenvalue weighted by Gasteiger charge is -2.30. The van der Waals surface area contributed by atoms with Crippen LogP contribution in [0, 0.1) is 10.1 Å². The average Bonchev–Trinajstić information content (AvgIpc) is 3.23. The van der Waals surface area contributed by atoms with E-state index < -0.39 is 11.0 Å². The number of imidazole rings is 1. The Morgan fingerprint density at radius 3 is 2.38 bits per heavy atom. The molecule has 1 heterocycles. The van der Waals surface area contributed by atoms with Gasteiger partial charge in [-0.25, -0.2) is 0 Å². The Kier molecular flexibility index (Phi) is 5.16. The Labute approximate surface area is 168 Å². The van der Waals surface area contributed by atoms with E-state index in [1.165, 1.54) is 12.5 Å². The highest BCUT2D eigenvalue weighted by molar-refractivity contribution is 5.96. The second kappa shape index (κ2) is 8.06. The topological polar surface area (TPSA) is 78.0 Å². The van der Waals surface area contributed by atoms with Crippen molar-refractivity contribution in [3.63, 3.8) is 0 Å². The summed E-state index contributed by atoms with van der Waals surface area (Å²) in [7, 11) is 0. The lowest BCUT2D eigenvalue weighted by Crippen LogP contribution is -2.28. The van der Waals surface area contributed by atoms with Gasteiger partial charge in [0.05, 0.1) is 0 Å². The monoisotopic (exact) mass is 385 g/mol. The summed E-state index contributed by atoms with van der Waals surface area (Å²) < 4.78 is 1.56. The maximum atomic E-state index is 13.1. The first-order chi connectivity index (χ1) is 14.1. The van der Waals surface area contributed by atoms with E-state index in [2.05, 4.69) is 4.98 Å². The van der Waals surface area contributed by atoms with Gasteiger partial charge in [0.2, 0.25) is 6.33 Å². The molecule has 0 saturated carbocycles. The Morgan fingerprint density at radius 2 is 1.72 bits per heavy atom. The number of hydrogen-bond donors (Lipinski definition) is 0. The summed E-state index contributed by atoms with van der Waals surface area (Å²) in [4.78, 5) is 27.4. The van der Waals surface area contributed by atoms with Gasteiger partial charge >= 0.3 is 5.82 Å². The van der Waals surface area contributed by atoms with E-state index in [1.807, 2.05) is 72.8 Å². The predicted octanol–water partition coefficient (Wildman–Crippen LogP) is 4.73. The fraction of sp³-hybridized carbons (Fsp3) is 0.130. The van der Waals surface area contributed by atoms with Crippen LogP contribution in [0.25, 0.3) is 6.08 Å². The van der Waals surface area contributed by atoms with Crippen LogP contribution < -0.4 is 0 Å². The van der Waals surface area contributed by atoms with Gasteiger partial charge in [-0.05, 0) is 39.1 Å². The molecule has 0 aliphatic heterocycles. The molecule has 2 atom stereocenters.